The quantitative estimate of drug-likeness (QED) is 0.758. The van der Waals surface area contributed by atoms with Gasteiger partial charge in [0.2, 0.25) is 0 Å². The summed E-state index contributed by atoms with van der Waals surface area (Å²) >= 11 is 6.07. The van der Waals surface area contributed by atoms with Crippen LogP contribution in [-0.2, 0) is 10.6 Å². The minimum atomic E-state index is 0.427. The lowest BCUT2D eigenvalue weighted by molar-refractivity contribution is -0.00872. The van der Waals surface area contributed by atoms with Crippen molar-refractivity contribution in [3.8, 4) is 0 Å². The van der Waals surface area contributed by atoms with E-state index < -0.39 is 0 Å². The van der Waals surface area contributed by atoms with Gasteiger partial charge in [-0.1, -0.05) is 31.0 Å². The monoisotopic (exact) mass is 265 g/mol. The molecule has 0 N–H and O–H groups in total. The van der Waals surface area contributed by atoms with E-state index in [1.165, 1.54) is 36.9 Å². The molecule has 2 aliphatic rings. The van der Waals surface area contributed by atoms with E-state index in [4.69, 9.17) is 16.3 Å². The summed E-state index contributed by atoms with van der Waals surface area (Å²) in [5.74, 6) is 0.588. The van der Waals surface area contributed by atoms with Crippen molar-refractivity contribution < 1.29 is 4.74 Å². The number of morpholine rings is 1. The van der Waals surface area contributed by atoms with E-state index in [2.05, 4.69) is 29.2 Å². The van der Waals surface area contributed by atoms with Gasteiger partial charge in [-0.25, -0.2) is 0 Å². The molecule has 0 amide bonds. The molecule has 2 atom stereocenters. The average Bonchev–Trinajstić information content (AvgIpc) is 2.46. The van der Waals surface area contributed by atoms with Gasteiger partial charge in [-0.15, -0.1) is 11.6 Å². The zero-order valence-electron chi connectivity index (χ0n) is 10.6. The number of alkyl halides is 1. The lowest BCUT2D eigenvalue weighted by Crippen LogP contribution is -2.53. The van der Waals surface area contributed by atoms with Gasteiger partial charge in [0, 0.05) is 18.1 Å². The smallest absolute Gasteiger partial charge is 0.0779 e. The maximum Gasteiger partial charge on any atom is 0.0779 e. The number of nitrogens with zero attached hydrogens (tertiary/aromatic N) is 1. The second-order valence-corrected chi connectivity index (χ2v) is 5.48. The second kappa shape index (κ2) is 5.50. The van der Waals surface area contributed by atoms with Crippen molar-refractivity contribution >= 4 is 17.3 Å². The molecule has 0 radical (unpaired) electrons. The standard InChI is InChI=1S/C15H20ClNO/c16-11-12-5-1-2-6-13(12)17-9-10-18-15-8-4-3-7-14(15)17/h1-2,5-6,14-15H,3-4,7-11H2. The number of para-hydroxylation sites is 1. The van der Waals surface area contributed by atoms with Crippen LogP contribution in [0, 0.1) is 0 Å². The molecule has 2 fully saturated rings. The maximum absolute atomic E-state index is 6.07. The van der Waals surface area contributed by atoms with Crippen LogP contribution < -0.4 is 4.90 Å². The van der Waals surface area contributed by atoms with Gasteiger partial charge in [0.05, 0.1) is 18.8 Å². The Hall–Kier alpha value is -0.730. The first-order chi connectivity index (χ1) is 8.90. The highest BCUT2D eigenvalue weighted by Crippen LogP contribution is 2.33. The molecule has 1 saturated carbocycles. The van der Waals surface area contributed by atoms with Gasteiger partial charge >= 0.3 is 0 Å². The van der Waals surface area contributed by atoms with Crippen LogP contribution >= 0.6 is 11.6 Å². The number of benzene rings is 1. The number of fused-ring (bicyclic) bond motifs is 1. The maximum atomic E-state index is 6.07. The first-order valence-electron chi connectivity index (χ1n) is 6.92. The molecule has 0 bridgehead atoms. The number of halogens is 1. The van der Waals surface area contributed by atoms with Crippen molar-refractivity contribution in [3.05, 3.63) is 29.8 Å². The highest BCUT2D eigenvalue weighted by atomic mass is 35.5. The number of ether oxygens (including phenoxy) is 1. The summed E-state index contributed by atoms with van der Waals surface area (Å²) in [5, 5.41) is 0. The van der Waals surface area contributed by atoms with E-state index in [1.54, 1.807) is 0 Å². The van der Waals surface area contributed by atoms with Crippen molar-refractivity contribution in [1.29, 1.82) is 0 Å². The van der Waals surface area contributed by atoms with Gasteiger partial charge in [0.1, 0.15) is 0 Å². The Kier molecular flexibility index (Phi) is 3.76. The van der Waals surface area contributed by atoms with Gasteiger partial charge in [-0.2, -0.15) is 0 Å². The van der Waals surface area contributed by atoms with E-state index in [0.717, 1.165) is 13.2 Å². The molecule has 1 heterocycles. The largest absolute Gasteiger partial charge is 0.374 e. The molecule has 98 valence electrons. The predicted octanol–water partition coefficient (Wildman–Crippen LogP) is 3.57. The summed E-state index contributed by atoms with van der Waals surface area (Å²) in [7, 11) is 0. The summed E-state index contributed by atoms with van der Waals surface area (Å²) in [6.45, 7) is 1.84. The van der Waals surface area contributed by atoms with Crippen LogP contribution in [0.4, 0.5) is 5.69 Å². The van der Waals surface area contributed by atoms with E-state index in [-0.39, 0.29) is 0 Å². The molecular formula is C15H20ClNO. The first-order valence-corrected chi connectivity index (χ1v) is 7.45. The van der Waals surface area contributed by atoms with E-state index in [1.807, 2.05) is 0 Å². The summed E-state index contributed by atoms with van der Waals surface area (Å²) in [5.41, 5.74) is 2.55. The normalized spacial score (nSPS) is 27.9. The van der Waals surface area contributed by atoms with Gasteiger partial charge < -0.3 is 9.64 Å². The second-order valence-electron chi connectivity index (χ2n) is 5.22. The SMILES string of the molecule is ClCc1ccccc1N1CCOC2CCCCC21. The molecule has 3 heteroatoms. The van der Waals surface area contributed by atoms with Crippen LogP contribution in [0.5, 0.6) is 0 Å². The summed E-state index contributed by atoms with van der Waals surface area (Å²) in [6.07, 6.45) is 5.53. The minimum absolute atomic E-state index is 0.427. The highest BCUT2D eigenvalue weighted by Gasteiger charge is 2.34. The Morgan fingerprint density at radius 2 is 2.06 bits per heavy atom. The highest BCUT2D eigenvalue weighted by molar-refractivity contribution is 6.17. The van der Waals surface area contributed by atoms with Crippen LogP contribution in [-0.4, -0.2) is 25.3 Å². The molecule has 0 aromatic heterocycles. The van der Waals surface area contributed by atoms with Gasteiger partial charge in [-0.05, 0) is 24.5 Å². The number of rotatable bonds is 2. The topological polar surface area (TPSA) is 12.5 Å². The lowest BCUT2D eigenvalue weighted by Gasteiger charge is -2.45. The fourth-order valence-electron chi connectivity index (χ4n) is 3.30. The zero-order valence-corrected chi connectivity index (χ0v) is 11.4. The van der Waals surface area contributed by atoms with Crippen LogP contribution in [0.3, 0.4) is 0 Å². The molecule has 1 aromatic carbocycles. The summed E-state index contributed by atoms with van der Waals surface area (Å²) < 4.78 is 5.93. The molecule has 1 aromatic rings. The zero-order chi connectivity index (χ0) is 12.4. The van der Waals surface area contributed by atoms with Crippen molar-refractivity contribution in [2.75, 3.05) is 18.1 Å². The number of hydrogen-bond donors (Lipinski definition) is 0. The minimum Gasteiger partial charge on any atom is -0.374 e. The lowest BCUT2D eigenvalue weighted by atomic mass is 9.89. The van der Waals surface area contributed by atoms with Crippen LogP contribution in [0.25, 0.3) is 0 Å². The number of anilines is 1. The van der Waals surface area contributed by atoms with Crippen molar-refractivity contribution in [2.45, 2.75) is 43.7 Å². The number of hydrogen-bond acceptors (Lipinski definition) is 2. The third-order valence-corrected chi connectivity index (χ3v) is 4.47. The van der Waals surface area contributed by atoms with E-state index in [9.17, 15) is 0 Å². The first kappa shape index (κ1) is 12.3. The predicted molar refractivity (Wildman–Crippen MR) is 75.3 cm³/mol. The molecule has 3 rings (SSSR count). The van der Waals surface area contributed by atoms with Crippen molar-refractivity contribution in [1.82, 2.24) is 0 Å². The molecule has 2 nitrogen and oxygen atoms in total. The van der Waals surface area contributed by atoms with Crippen LogP contribution in [0.1, 0.15) is 31.2 Å². The van der Waals surface area contributed by atoms with Crippen molar-refractivity contribution in [2.24, 2.45) is 0 Å². The molecule has 18 heavy (non-hydrogen) atoms. The molecule has 1 aliphatic heterocycles. The summed E-state index contributed by atoms with van der Waals surface area (Å²) in [6, 6.07) is 9.07. The molecular weight excluding hydrogens is 246 g/mol. The van der Waals surface area contributed by atoms with Gasteiger partial charge in [-0.3, -0.25) is 0 Å². The Morgan fingerprint density at radius 1 is 1.22 bits per heavy atom. The molecule has 1 saturated heterocycles. The Balaban J connectivity index is 1.89. The Morgan fingerprint density at radius 3 is 2.94 bits per heavy atom. The van der Waals surface area contributed by atoms with Crippen molar-refractivity contribution in [3.63, 3.8) is 0 Å². The molecule has 1 aliphatic carbocycles. The van der Waals surface area contributed by atoms with Crippen LogP contribution in [0.2, 0.25) is 0 Å². The van der Waals surface area contributed by atoms with Gasteiger partial charge in [0.25, 0.3) is 0 Å². The summed E-state index contributed by atoms with van der Waals surface area (Å²) in [4.78, 5) is 2.53. The fourth-order valence-corrected chi connectivity index (χ4v) is 3.53. The Labute approximate surface area is 114 Å². The molecule has 0 spiro atoms. The molecule has 2 unspecified atom stereocenters. The van der Waals surface area contributed by atoms with Gasteiger partial charge in [0.15, 0.2) is 0 Å². The average molecular weight is 266 g/mol. The Bertz CT molecular complexity index is 407. The van der Waals surface area contributed by atoms with E-state index >= 15 is 0 Å². The van der Waals surface area contributed by atoms with Crippen LogP contribution in [0.15, 0.2) is 24.3 Å². The van der Waals surface area contributed by atoms with E-state index in [0.29, 0.717) is 18.0 Å². The third-order valence-electron chi connectivity index (χ3n) is 4.18. The fraction of sp³-hybridized carbons (Fsp3) is 0.600. The third kappa shape index (κ3) is 2.24.